The van der Waals surface area contributed by atoms with Crippen molar-refractivity contribution in [3.05, 3.63) is 0 Å². The van der Waals surface area contributed by atoms with Gasteiger partial charge in [-0.3, -0.25) is 14.5 Å². The number of likely N-dealkylation sites (N-methyl/N-ethyl adjacent to an activating group) is 2. The maximum absolute atomic E-state index is 11.6. The zero-order valence-electron chi connectivity index (χ0n) is 9.77. The van der Waals surface area contributed by atoms with Crippen molar-refractivity contribution in [1.29, 1.82) is 5.26 Å². The first-order chi connectivity index (χ1) is 7.51. The number of hydrogen-bond donors (Lipinski definition) is 1. The molecule has 2 N–H and O–H groups in total. The van der Waals surface area contributed by atoms with Crippen LogP contribution >= 0.6 is 0 Å². The Bertz CT molecular complexity index is 285. The van der Waals surface area contributed by atoms with Crippen LogP contribution in [0, 0.1) is 11.3 Å². The number of carbonyl (C=O) groups excluding carboxylic acids is 2. The summed E-state index contributed by atoms with van der Waals surface area (Å²) in [4.78, 5) is 25.5. The van der Waals surface area contributed by atoms with Gasteiger partial charge in [-0.15, -0.1) is 0 Å². The molecule has 0 aromatic rings. The number of nitrogens with two attached hydrogens (primary N) is 1. The van der Waals surface area contributed by atoms with E-state index in [1.807, 2.05) is 13.0 Å². The first kappa shape index (κ1) is 14.4. The minimum Gasteiger partial charge on any atom is -0.369 e. The Morgan fingerprint density at radius 2 is 2.00 bits per heavy atom. The SMILES string of the molecule is CCN(CC(N)=O)CC(=O)N(C)CCC#N. The van der Waals surface area contributed by atoms with Crippen molar-refractivity contribution in [3.63, 3.8) is 0 Å². The Hall–Kier alpha value is -1.61. The van der Waals surface area contributed by atoms with Crippen molar-refractivity contribution >= 4 is 11.8 Å². The molecule has 0 aromatic carbocycles. The lowest BCUT2D eigenvalue weighted by molar-refractivity contribution is -0.131. The Morgan fingerprint density at radius 3 is 2.44 bits per heavy atom. The number of hydrogen-bond acceptors (Lipinski definition) is 4. The van der Waals surface area contributed by atoms with Crippen LogP contribution in [0.2, 0.25) is 0 Å². The van der Waals surface area contributed by atoms with E-state index in [4.69, 9.17) is 11.0 Å². The lowest BCUT2D eigenvalue weighted by atomic mass is 10.3. The molecule has 0 aliphatic carbocycles. The summed E-state index contributed by atoms with van der Waals surface area (Å²) in [5.41, 5.74) is 5.05. The minimum absolute atomic E-state index is 0.0777. The van der Waals surface area contributed by atoms with Crippen LogP contribution in [0.4, 0.5) is 0 Å². The summed E-state index contributed by atoms with van der Waals surface area (Å²) < 4.78 is 0. The van der Waals surface area contributed by atoms with Crippen molar-refractivity contribution in [2.24, 2.45) is 5.73 Å². The average Bonchev–Trinajstić information content (AvgIpc) is 2.23. The second kappa shape index (κ2) is 7.65. The third-order valence-electron chi connectivity index (χ3n) is 2.17. The first-order valence-electron chi connectivity index (χ1n) is 5.12. The predicted molar refractivity (Wildman–Crippen MR) is 59.2 cm³/mol. The second-order valence-corrected chi connectivity index (χ2v) is 3.49. The molecule has 0 fully saturated rings. The van der Waals surface area contributed by atoms with E-state index in [9.17, 15) is 9.59 Å². The molecule has 0 spiro atoms. The number of nitriles is 1. The molecule has 0 unspecified atom stereocenters. The van der Waals surface area contributed by atoms with Gasteiger partial charge in [0.15, 0.2) is 0 Å². The minimum atomic E-state index is -0.450. The molecule has 0 rings (SSSR count). The second-order valence-electron chi connectivity index (χ2n) is 3.49. The molecule has 2 amide bonds. The van der Waals surface area contributed by atoms with Crippen LogP contribution in [-0.2, 0) is 9.59 Å². The van der Waals surface area contributed by atoms with Gasteiger partial charge in [-0.1, -0.05) is 6.92 Å². The van der Waals surface area contributed by atoms with Crippen LogP contribution in [-0.4, -0.2) is 54.8 Å². The Balaban J connectivity index is 4.09. The first-order valence-corrected chi connectivity index (χ1v) is 5.12. The molecule has 0 radical (unpaired) electrons. The van der Waals surface area contributed by atoms with Gasteiger partial charge in [0.25, 0.3) is 0 Å². The molecule has 6 heteroatoms. The van der Waals surface area contributed by atoms with Crippen molar-refractivity contribution < 1.29 is 9.59 Å². The normalized spacial score (nSPS) is 9.88. The van der Waals surface area contributed by atoms with Crippen molar-refractivity contribution in [2.75, 3.05) is 33.2 Å². The van der Waals surface area contributed by atoms with Gasteiger partial charge in [-0.2, -0.15) is 5.26 Å². The van der Waals surface area contributed by atoms with Gasteiger partial charge in [-0.05, 0) is 6.54 Å². The molecule has 16 heavy (non-hydrogen) atoms. The molecule has 0 saturated heterocycles. The standard InChI is InChI=1S/C10H18N4O2/c1-3-14(7-9(12)15)8-10(16)13(2)6-4-5-11/h3-4,6-8H2,1-2H3,(H2,12,15). The van der Waals surface area contributed by atoms with Crippen molar-refractivity contribution in [3.8, 4) is 6.07 Å². The molecular formula is C10H18N4O2. The molecule has 0 saturated carbocycles. The van der Waals surface area contributed by atoms with Gasteiger partial charge >= 0.3 is 0 Å². The van der Waals surface area contributed by atoms with Crippen LogP contribution in [0.3, 0.4) is 0 Å². The maximum atomic E-state index is 11.6. The van der Waals surface area contributed by atoms with Crippen LogP contribution in [0.25, 0.3) is 0 Å². The lowest BCUT2D eigenvalue weighted by Crippen LogP contribution is -2.42. The lowest BCUT2D eigenvalue weighted by Gasteiger charge is -2.22. The molecule has 0 aliphatic heterocycles. The fraction of sp³-hybridized carbons (Fsp3) is 0.700. The summed E-state index contributed by atoms with van der Waals surface area (Å²) in [6.45, 7) is 3.07. The molecule has 0 heterocycles. The van der Waals surface area contributed by atoms with Gasteiger partial charge < -0.3 is 10.6 Å². The molecule has 0 atom stereocenters. The predicted octanol–water partition coefficient (Wildman–Crippen LogP) is -0.834. The average molecular weight is 226 g/mol. The molecule has 90 valence electrons. The molecule has 0 aromatic heterocycles. The van der Waals surface area contributed by atoms with Crippen LogP contribution in [0.5, 0.6) is 0 Å². The number of nitrogens with zero attached hydrogens (tertiary/aromatic N) is 3. The number of carbonyl (C=O) groups is 2. The van der Waals surface area contributed by atoms with E-state index in [2.05, 4.69) is 0 Å². The molecular weight excluding hydrogens is 208 g/mol. The number of amides is 2. The van der Waals surface area contributed by atoms with E-state index in [1.165, 1.54) is 4.90 Å². The van der Waals surface area contributed by atoms with Crippen molar-refractivity contribution in [2.45, 2.75) is 13.3 Å². The Labute approximate surface area is 95.6 Å². The molecule has 0 bridgehead atoms. The summed E-state index contributed by atoms with van der Waals surface area (Å²) in [5.74, 6) is -0.562. The maximum Gasteiger partial charge on any atom is 0.236 e. The van der Waals surface area contributed by atoms with E-state index in [-0.39, 0.29) is 19.0 Å². The Morgan fingerprint density at radius 1 is 1.38 bits per heavy atom. The summed E-state index contributed by atoms with van der Waals surface area (Å²) in [7, 11) is 1.64. The van der Waals surface area contributed by atoms with Gasteiger partial charge in [0.2, 0.25) is 11.8 Å². The molecule has 6 nitrogen and oxygen atoms in total. The smallest absolute Gasteiger partial charge is 0.236 e. The highest BCUT2D eigenvalue weighted by Gasteiger charge is 2.14. The topological polar surface area (TPSA) is 90.4 Å². The van der Waals surface area contributed by atoms with Gasteiger partial charge in [0, 0.05) is 13.6 Å². The van der Waals surface area contributed by atoms with Crippen LogP contribution in [0.15, 0.2) is 0 Å². The number of rotatable bonds is 7. The summed E-state index contributed by atoms with van der Waals surface area (Å²) in [6, 6.07) is 1.97. The van der Waals surface area contributed by atoms with E-state index < -0.39 is 5.91 Å². The highest BCUT2D eigenvalue weighted by Crippen LogP contribution is 1.93. The van der Waals surface area contributed by atoms with E-state index in [0.717, 1.165) is 0 Å². The third-order valence-corrected chi connectivity index (χ3v) is 2.17. The van der Waals surface area contributed by atoms with E-state index in [0.29, 0.717) is 19.5 Å². The largest absolute Gasteiger partial charge is 0.369 e. The summed E-state index contributed by atoms with van der Waals surface area (Å²) in [5, 5.41) is 8.38. The molecule has 0 aliphatic rings. The third kappa shape index (κ3) is 5.98. The van der Waals surface area contributed by atoms with Gasteiger partial charge in [-0.25, -0.2) is 0 Å². The highest BCUT2D eigenvalue weighted by molar-refractivity contribution is 5.80. The zero-order valence-corrected chi connectivity index (χ0v) is 9.77. The fourth-order valence-electron chi connectivity index (χ4n) is 1.15. The highest BCUT2D eigenvalue weighted by atomic mass is 16.2. The summed E-state index contributed by atoms with van der Waals surface area (Å²) in [6.07, 6.45) is 0.310. The Kier molecular flexibility index (Phi) is 6.88. The van der Waals surface area contributed by atoms with Crippen molar-refractivity contribution in [1.82, 2.24) is 9.80 Å². The number of primary amides is 1. The van der Waals surface area contributed by atoms with Gasteiger partial charge in [0.1, 0.15) is 0 Å². The van der Waals surface area contributed by atoms with Crippen LogP contribution < -0.4 is 5.73 Å². The van der Waals surface area contributed by atoms with Gasteiger partial charge in [0.05, 0.1) is 25.6 Å². The van der Waals surface area contributed by atoms with E-state index >= 15 is 0 Å². The summed E-state index contributed by atoms with van der Waals surface area (Å²) >= 11 is 0. The van der Waals surface area contributed by atoms with Crippen LogP contribution in [0.1, 0.15) is 13.3 Å². The monoisotopic (exact) mass is 226 g/mol. The van der Waals surface area contributed by atoms with E-state index in [1.54, 1.807) is 11.9 Å². The zero-order chi connectivity index (χ0) is 12.6. The fourth-order valence-corrected chi connectivity index (χ4v) is 1.15. The quantitative estimate of drug-likeness (QED) is 0.613.